The second-order valence-electron chi connectivity index (χ2n) is 9.50. The van der Waals surface area contributed by atoms with Crippen LogP contribution in [0.2, 0.25) is 5.02 Å². The van der Waals surface area contributed by atoms with Crippen molar-refractivity contribution < 1.29 is 9.84 Å². The standard InChI is InChI=1S/C28H37ClN2O2.C2H6/c1-2-23-9-4-5-12-27(23)33-20-19-30-15-17-31(18-16-30)22-26(24-10-8-11-25(29)21-24)28(32)13-6-3-7-14-28;1-2/h2,4-5,8-12,21,26,32H,1,3,6-7,13-20,22H2;1-2H3. The summed E-state index contributed by atoms with van der Waals surface area (Å²) < 4.78 is 6.01. The maximum atomic E-state index is 11.6. The third-order valence-electron chi connectivity index (χ3n) is 7.33. The summed E-state index contributed by atoms with van der Waals surface area (Å²) in [5.41, 5.74) is 1.57. The first-order valence-corrected chi connectivity index (χ1v) is 13.7. The molecule has 0 radical (unpaired) electrons. The molecule has 5 heteroatoms. The van der Waals surface area contributed by atoms with Crippen molar-refractivity contribution in [3.63, 3.8) is 0 Å². The van der Waals surface area contributed by atoms with Crippen LogP contribution in [0.3, 0.4) is 0 Å². The van der Waals surface area contributed by atoms with Crippen LogP contribution in [0.5, 0.6) is 5.75 Å². The predicted molar refractivity (Wildman–Crippen MR) is 148 cm³/mol. The molecule has 1 aliphatic heterocycles. The molecular weight excluding hydrogens is 456 g/mol. The summed E-state index contributed by atoms with van der Waals surface area (Å²) in [6.45, 7) is 14.4. The SMILES string of the molecule is C=Cc1ccccc1OCCN1CCN(CC(c2cccc(Cl)c2)C2(O)CCCCC2)CC1.CC. The fourth-order valence-electron chi connectivity index (χ4n) is 5.34. The highest BCUT2D eigenvalue weighted by Crippen LogP contribution is 2.41. The normalized spacial score (nSPS) is 19.3. The van der Waals surface area contributed by atoms with Crippen molar-refractivity contribution in [3.8, 4) is 5.75 Å². The Balaban J connectivity index is 0.00000167. The van der Waals surface area contributed by atoms with E-state index in [9.17, 15) is 5.11 Å². The molecule has 1 heterocycles. The van der Waals surface area contributed by atoms with Crippen LogP contribution in [-0.2, 0) is 0 Å². The van der Waals surface area contributed by atoms with E-state index in [0.717, 1.165) is 81.3 Å². The largest absolute Gasteiger partial charge is 0.492 e. The molecule has 1 atom stereocenters. The maximum absolute atomic E-state index is 11.6. The maximum Gasteiger partial charge on any atom is 0.126 e. The number of rotatable bonds is 9. The van der Waals surface area contributed by atoms with Gasteiger partial charge in [-0.15, -0.1) is 0 Å². The zero-order valence-electron chi connectivity index (χ0n) is 21.6. The zero-order chi connectivity index (χ0) is 25.1. The summed E-state index contributed by atoms with van der Waals surface area (Å²) in [5, 5.41) is 12.4. The van der Waals surface area contributed by atoms with E-state index >= 15 is 0 Å². The van der Waals surface area contributed by atoms with Gasteiger partial charge < -0.3 is 14.7 Å². The highest BCUT2D eigenvalue weighted by atomic mass is 35.5. The van der Waals surface area contributed by atoms with E-state index in [1.54, 1.807) is 0 Å². The third kappa shape index (κ3) is 7.82. The van der Waals surface area contributed by atoms with E-state index in [-0.39, 0.29) is 5.92 Å². The molecule has 35 heavy (non-hydrogen) atoms. The van der Waals surface area contributed by atoms with Crippen LogP contribution >= 0.6 is 11.6 Å². The zero-order valence-corrected chi connectivity index (χ0v) is 22.3. The third-order valence-corrected chi connectivity index (χ3v) is 7.56. The van der Waals surface area contributed by atoms with Gasteiger partial charge >= 0.3 is 0 Å². The summed E-state index contributed by atoms with van der Waals surface area (Å²) in [4.78, 5) is 4.99. The van der Waals surface area contributed by atoms with Crippen molar-refractivity contribution in [1.82, 2.24) is 9.80 Å². The molecule has 2 aliphatic rings. The van der Waals surface area contributed by atoms with Gasteiger partial charge in [-0.1, -0.05) is 87.7 Å². The number of benzene rings is 2. The lowest BCUT2D eigenvalue weighted by Gasteiger charge is -2.43. The van der Waals surface area contributed by atoms with Gasteiger partial charge in [0.2, 0.25) is 0 Å². The fourth-order valence-corrected chi connectivity index (χ4v) is 5.54. The van der Waals surface area contributed by atoms with E-state index in [1.165, 1.54) is 12.0 Å². The molecule has 0 amide bonds. The molecule has 1 N–H and O–H groups in total. The number of hydrogen-bond donors (Lipinski definition) is 1. The van der Waals surface area contributed by atoms with Gasteiger partial charge in [-0.05, 0) is 36.6 Å². The Morgan fingerprint density at radius 2 is 1.69 bits per heavy atom. The van der Waals surface area contributed by atoms with E-state index < -0.39 is 5.60 Å². The van der Waals surface area contributed by atoms with Gasteiger partial charge in [-0.25, -0.2) is 0 Å². The van der Waals surface area contributed by atoms with Gasteiger partial charge in [0.25, 0.3) is 0 Å². The first-order valence-electron chi connectivity index (χ1n) is 13.3. The molecule has 2 fully saturated rings. The van der Waals surface area contributed by atoms with Crippen LogP contribution in [0.15, 0.2) is 55.1 Å². The molecule has 2 aromatic carbocycles. The molecule has 4 rings (SSSR count). The number of nitrogens with zero attached hydrogens (tertiary/aromatic N) is 2. The minimum absolute atomic E-state index is 0.0989. The summed E-state index contributed by atoms with van der Waals surface area (Å²) in [6.07, 6.45) is 7.04. The minimum Gasteiger partial charge on any atom is -0.492 e. The highest BCUT2D eigenvalue weighted by Gasteiger charge is 2.40. The Labute approximate surface area is 217 Å². The molecule has 0 spiro atoms. The first-order chi connectivity index (χ1) is 17.1. The van der Waals surface area contributed by atoms with Gasteiger partial charge in [-0.3, -0.25) is 4.90 Å². The Morgan fingerprint density at radius 3 is 2.37 bits per heavy atom. The van der Waals surface area contributed by atoms with Gasteiger partial charge in [-0.2, -0.15) is 0 Å². The smallest absolute Gasteiger partial charge is 0.126 e. The number of halogens is 1. The number of hydrogen-bond acceptors (Lipinski definition) is 4. The molecule has 1 aliphatic carbocycles. The van der Waals surface area contributed by atoms with Gasteiger partial charge in [0.05, 0.1) is 5.60 Å². The minimum atomic E-state index is -0.632. The summed E-state index contributed by atoms with van der Waals surface area (Å²) in [7, 11) is 0. The molecule has 1 unspecified atom stereocenters. The van der Waals surface area contributed by atoms with Crippen LogP contribution < -0.4 is 4.74 Å². The number of aliphatic hydroxyl groups is 1. The number of para-hydroxylation sites is 1. The summed E-state index contributed by atoms with van der Waals surface area (Å²) >= 11 is 6.33. The van der Waals surface area contributed by atoms with E-state index in [0.29, 0.717) is 6.61 Å². The highest BCUT2D eigenvalue weighted by molar-refractivity contribution is 6.30. The van der Waals surface area contributed by atoms with Crippen LogP contribution in [0.4, 0.5) is 0 Å². The van der Waals surface area contributed by atoms with Gasteiger partial charge in [0, 0.05) is 55.8 Å². The van der Waals surface area contributed by atoms with E-state index in [1.807, 2.05) is 62.4 Å². The molecule has 1 saturated heterocycles. The second-order valence-corrected chi connectivity index (χ2v) is 9.94. The Bertz CT molecular complexity index is 905. The molecule has 1 saturated carbocycles. The molecule has 192 valence electrons. The Kier molecular flexibility index (Phi) is 11.1. The number of ether oxygens (including phenoxy) is 1. The monoisotopic (exact) mass is 498 g/mol. The Morgan fingerprint density at radius 1 is 1.00 bits per heavy atom. The van der Waals surface area contributed by atoms with Crippen LogP contribution in [-0.4, -0.2) is 66.4 Å². The summed E-state index contributed by atoms with van der Waals surface area (Å²) in [5.74, 6) is 0.998. The van der Waals surface area contributed by atoms with E-state index in [2.05, 4.69) is 22.4 Å². The van der Waals surface area contributed by atoms with Crippen LogP contribution in [0.1, 0.15) is 63.0 Å². The van der Waals surface area contributed by atoms with Crippen molar-refractivity contribution in [3.05, 3.63) is 71.3 Å². The average molecular weight is 499 g/mol. The van der Waals surface area contributed by atoms with E-state index in [4.69, 9.17) is 16.3 Å². The average Bonchev–Trinajstić information content (AvgIpc) is 2.90. The van der Waals surface area contributed by atoms with Crippen molar-refractivity contribution in [1.29, 1.82) is 0 Å². The topological polar surface area (TPSA) is 35.9 Å². The summed E-state index contributed by atoms with van der Waals surface area (Å²) in [6, 6.07) is 16.1. The fraction of sp³-hybridized carbons (Fsp3) is 0.533. The van der Waals surface area contributed by atoms with Crippen LogP contribution in [0.25, 0.3) is 6.08 Å². The molecule has 0 aromatic heterocycles. The lowest BCUT2D eigenvalue weighted by atomic mass is 9.72. The van der Waals surface area contributed by atoms with Crippen molar-refractivity contribution in [2.24, 2.45) is 0 Å². The van der Waals surface area contributed by atoms with Crippen LogP contribution in [0, 0.1) is 0 Å². The predicted octanol–water partition coefficient (Wildman–Crippen LogP) is 6.48. The molecule has 2 aromatic rings. The molecular formula is C30H43ClN2O2. The lowest BCUT2D eigenvalue weighted by molar-refractivity contribution is -0.0344. The molecule has 4 nitrogen and oxygen atoms in total. The van der Waals surface area contributed by atoms with Crippen molar-refractivity contribution >= 4 is 17.7 Å². The van der Waals surface area contributed by atoms with Crippen molar-refractivity contribution in [2.45, 2.75) is 57.5 Å². The first kappa shape index (κ1) is 27.7. The van der Waals surface area contributed by atoms with Gasteiger partial charge in [0.1, 0.15) is 12.4 Å². The van der Waals surface area contributed by atoms with Crippen molar-refractivity contribution in [2.75, 3.05) is 45.9 Å². The quantitative estimate of drug-likeness (QED) is 0.429. The Hall–Kier alpha value is -1.85. The second kappa shape index (κ2) is 14.0. The number of piperazine rings is 1. The van der Waals surface area contributed by atoms with Gasteiger partial charge in [0.15, 0.2) is 0 Å². The lowest BCUT2D eigenvalue weighted by Crippen LogP contribution is -2.51. The molecule has 0 bridgehead atoms.